The van der Waals surface area contributed by atoms with Crippen LogP contribution in [0.15, 0.2) is 0 Å². The van der Waals surface area contributed by atoms with E-state index in [1.807, 2.05) is 4.68 Å². The van der Waals surface area contributed by atoms with E-state index in [4.69, 9.17) is 10.5 Å². The van der Waals surface area contributed by atoms with Gasteiger partial charge in [0.15, 0.2) is 0 Å². The lowest BCUT2D eigenvalue weighted by molar-refractivity contribution is -0.117. The molecule has 2 rings (SSSR count). The Morgan fingerprint density at radius 2 is 2.22 bits per heavy atom. The minimum absolute atomic E-state index is 0.177. The Balaban J connectivity index is 2.26. The summed E-state index contributed by atoms with van der Waals surface area (Å²) < 4.78 is 7.30. The first kappa shape index (κ1) is 13.0. The molecule has 18 heavy (non-hydrogen) atoms. The van der Waals surface area contributed by atoms with Crippen LogP contribution in [-0.2, 0) is 22.5 Å². The van der Waals surface area contributed by atoms with Gasteiger partial charge in [0.25, 0.3) is 0 Å². The molecule has 0 spiro atoms. The zero-order valence-corrected chi connectivity index (χ0v) is 10.8. The highest BCUT2D eigenvalue weighted by Crippen LogP contribution is 2.28. The molecule has 1 aromatic heterocycles. The molecule has 6 heteroatoms. The van der Waals surface area contributed by atoms with Gasteiger partial charge in [-0.25, -0.2) is 4.68 Å². The molecular weight excluding hydrogens is 232 g/mol. The predicted molar refractivity (Wildman–Crippen MR) is 66.0 cm³/mol. The van der Waals surface area contributed by atoms with Crippen molar-refractivity contribution in [3.05, 3.63) is 11.4 Å². The molecule has 2 N–H and O–H groups in total. The van der Waals surface area contributed by atoms with E-state index in [2.05, 4.69) is 17.2 Å². The van der Waals surface area contributed by atoms with Gasteiger partial charge < -0.3 is 10.5 Å². The van der Waals surface area contributed by atoms with E-state index >= 15 is 0 Å². The largest absolute Gasteiger partial charge is 0.381 e. The van der Waals surface area contributed by atoms with Gasteiger partial charge in [-0.2, -0.15) is 0 Å². The van der Waals surface area contributed by atoms with Crippen molar-refractivity contribution in [3.63, 3.8) is 0 Å². The molecule has 1 aliphatic heterocycles. The molecule has 0 atom stereocenters. The van der Waals surface area contributed by atoms with E-state index in [9.17, 15) is 4.79 Å². The number of nitrogens with two attached hydrogens (primary N) is 1. The van der Waals surface area contributed by atoms with Gasteiger partial charge in [-0.1, -0.05) is 12.1 Å². The number of amides is 1. The molecule has 1 amide bonds. The van der Waals surface area contributed by atoms with E-state index in [-0.39, 0.29) is 12.3 Å². The molecule has 1 saturated heterocycles. The Kier molecular flexibility index (Phi) is 4.30. The number of carbonyl (C=O) groups excluding carboxylic acids is 1. The lowest BCUT2D eigenvalue weighted by Gasteiger charge is -2.23. The van der Waals surface area contributed by atoms with Gasteiger partial charge in [0.05, 0.1) is 17.8 Å². The van der Waals surface area contributed by atoms with Crippen LogP contribution in [0.25, 0.3) is 0 Å². The fourth-order valence-corrected chi connectivity index (χ4v) is 2.44. The third-order valence-corrected chi connectivity index (χ3v) is 3.23. The lowest BCUT2D eigenvalue weighted by Crippen LogP contribution is -2.21. The minimum atomic E-state index is -0.355. The van der Waals surface area contributed by atoms with Crippen LogP contribution in [0.1, 0.15) is 43.5 Å². The van der Waals surface area contributed by atoms with Gasteiger partial charge in [0.1, 0.15) is 0 Å². The highest BCUT2D eigenvalue weighted by atomic mass is 16.5. The van der Waals surface area contributed by atoms with E-state index < -0.39 is 0 Å². The standard InChI is InChI=1S/C12H20N4O2/c1-2-5-16-12(9-3-6-18-7-4-9)10(14-15-16)8-11(13)17/h9H,2-8H2,1H3,(H2,13,17). The maximum Gasteiger partial charge on any atom is 0.223 e. The summed E-state index contributed by atoms with van der Waals surface area (Å²) in [6.45, 7) is 4.46. The summed E-state index contributed by atoms with van der Waals surface area (Å²) in [6, 6.07) is 0. The Hall–Kier alpha value is -1.43. The van der Waals surface area contributed by atoms with Crippen LogP contribution in [0.5, 0.6) is 0 Å². The topological polar surface area (TPSA) is 83.0 Å². The van der Waals surface area contributed by atoms with Crippen molar-refractivity contribution in [2.45, 2.75) is 45.1 Å². The fraction of sp³-hybridized carbons (Fsp3) is 0.750. The number of aryl methyl sites for hydroxylation is 1. The number of aromatic nitrogens is 3. The molecule has 0 unspecified atom stereocenters. The third kappa shape index (κ3) is 2.87. The van der Waals surface area contributed by atoms with E-state index in [0.717, 1.165) is 50.4 Å². The molecular formula is C12H20N4O2. The second-order valence-electron chi connectivity index (χ2n) is 4.67. The lowest BCUT2D eigenvalue weighted by atomic mass is 9.94. The monoisotopic (exact) mass is 252 g/mol. The molecule has 1 aromatic rings. The Morgan fingerprint density at radius 1 is 1.50 bits per heavy atom. The molecule has 100 valence electrons. The van der Waals surface area contributed by atoms with Crippen molar-refractivity contribution in [3.8, 4) is 0 Å². The number of rotatable bonds is 5. The summed E-state index contributed by atoms with van der Waals surface area (Å²) in [5.41, 5.74) is 7.09. The number of primary amides is 1. The number of nitrogens with zero attached hydrogens (tertiary/aromatic N) is 3. The number of hydrogen-bond donors (Lipinski definition) is 1. The highest BCUT2D eigenvalue weighted by Gasteiger charge is 2.25. The van der Waals surface area contributed by atoms with Crippen LogP contribution < -0.4 is 5.73 Å². The van der Waals surface area contributed by atoms with Crippen molar-refractivity contribution < 1.29 is 9.53 Å². The number of hydrogen-bond acceptors (Lipinski definition) is 4. The summed E-state index contributed by atoms with van der Waals surface area (Å²) >= 11 is 0. The number of carbonyl (C=O) groups is 1. The molecule has 0 bridgehead atoms. The maximum absolute atomic E-state index is 11.1. The second-order valence-corrected chi connectivity index (χ2v) is 4.67. The smallest absolute Gasteiger partial charge is 0.223 e. The highest BCUT2D eigenvalue weighted by molar-refractivity contribution is 5.76. The quantitative estimate of drug-likeness (QED) is 0.832. The SMILES string of the molecule is CCCn1nnc(CC(N)=O)c1C1CCOCC1. The summed E-state index contributed by atoms with van der Waals surface area (Å²) in [6.07, 6.45) is 3.09. The van der Waals surface area contributed by atoms with Gasteiger partial charge in [0.2, 0.25) is 5.91 Å². The van der Waals surface area contributed by atoms with Gasteiger partial charge in [-0.05, 0) is 19.3 Å². The number of ether oxygens (including phenoxy) is 1. The van der Waals surface area contributed by atoms with Gasteiger partial charge in [0, 0.05) is 25.7 Å². The zero-order valence-electron chi connectivity index (χ0n) is 10.8. The molecule has 0 aromatic carbocycles. The van der Waals surface area contributed by atoms with E-state index in [1.54, 1.807) is 0 Å². The average molecular weight is 252 g/mol. The summed E-state index contributed by atoms with van der Waals surface area (Å²) in [5, 5.41) is 8.27. The molecule has 0 saturated carbocycles. The van der Waals surface area contributed by atoms with E-state index in [1.165, 1.54) is 0 Å². The van der Waals surface area contributed by atoms with Gasteiger partial charge >= 0.3 is 0 Å². The van der Waals surface area contributed by atoms with Crippen molar-refractivity contribution in [2.75, 3.05) is 13.2 Å². The predicted octanol–water partition coefficient (Wildman–Crippen LogP) is 0.610. The minimum Gasteiger partial charge on any atom is -0.381 e. The van der Waals surface area contributed by atoms with Gasteiger partial charge in [-0.3, -0.25) is 4.79 Å². The Labute approximate surface area is 106 Å². The zero-order chi connectivity index (χ0) is 13.0. The first-order valence-corrected chi connectivity index (χ1v) is 6.50. The van der Waals surface area contributed by atoms with Crippen LogP contribution in [0.2, 0.25) is 0 Å². The first-order valence-electron chi connectivity index (χ1n) is 6.50. The summed E-state index contributed by atoms with van der Waals surface area (Å²) in [4.78, 5) is 11.1. The normalized spacial score (nSPS) is 16.9. The molecule has 1 fully saturated rings. The average Bonchev–Trinajstić information content (AvgIpc) is 2.73. The van der Waals surface area contributed by atoms with Crippen molar-refractivity contribution in [2.24, 2.45) is 5.73 Å². The third-order valence-electron chi connectivity index (χ3n) is 3.23. The molecule has 1 aliphatic rings. The first-order chi connectivity index (χ1) is 8.72. The second kappa shape index (κ2) is 5.95. The fourth-order valence-electron chi connectivity index (χ4n) is 2.44. The van der Waals surface area contributed by atoms with Gasteiger partial charge in [-0.15, -0.1) is 5.10 Å². The van der Waals surface area contributed by atoms with Crippen LogP contribution in [0, 0.1) is 0 Å². The van der Waals surface area contributed by atoms with Crippen LogP contribution in [-0.4, -0.2) is 34.1 Å². The van der Waals surface area contributed by atoms with Crippen LogP contribution >= 0.6 is 0 Å². The molecule has 2 heterocycles. The van der Waals surface area contributed by atoms with Crippen molar-refractivity contribution >= 4 is 5.91 Å². The van der Waals surface area contributed by atoms with E-state index in [0.29, 0.717) is 5.92 Å². The Bertz CT molecular complexity index is 410. The molecule has 0 aliphatic carbocycles. The van der Waals surface area contributed by atoms with Crippen molar-refractivity contribution in [1.29, 1.82) is 0 Å². The van der Waals surface area contributed by atoms with Crippen molar-refractivity contribution in [1.82, 2.24) is 15.0 Å². The summed E-state index contributed by atoms with van der Waals surface area (Å²) in [7, 11) is 0. The summed E-state index contributed by atoms with van der Waals surface area (Å²) in [5.74, 6) is 0.0292. The maximum atomic E-state index is 11.1. The van der Waals surface area contributed by atoms with Crippen LogP contribution in [0.4, 0.5) is 0 Å². The molecule has 0 radical (unpaired) electrons. The Morgan fingerprint density at radius 3 is 2.83 bits per heavy atom. The molecule has 6 nitrogen and oxygen atoms in total. The van der Waals surface area contributed by atoms with Crippen LogP contribution in [0.3, 0.4) is 0 Å².